The molecule has 9 heterocycles. The SMILES string of the molecule is Br.Br.C.C.C.COc1ccc2c(n1)sc1nc(-c3ccc(F)cc3)cn12.FCCBr.FCCOc1ccc2c(n1)sc1nc(-c3ccc(F)cc3)cn12.O=CO[O-].O=c1ccc2c([nH]1)sc1nc(-c3ccc(F)cc3)cn12.[Cs+].[Cs+].[H-]. The Hall–Kier alpha value is -2.58. The van der Waals surface area contributed by atoms with Crippen LogP contribution in [0.25, 0.3) is 79.7 Å². The predicted molar refractivity (Wildman–Crippen MR) is 311 cm³/mol. The molecule has 0 aliphatic heterocycles. The molecule has 12 aromatic rings. The number of ether oxygens (including phenoxy) is 2. The maximum absolute atomic E-state index is 13.0. The van der Waals surface area contributed by atoms with Crippen LogP contribution in [0, 0.1) is 17.5 Å². The van der Waals surface area contributed by atoms with Crippen LogP contribution >= 0.6 is 83.9 Å². The Morgan fingerprint density at radius 1 is 0.595 bits per heavy atom. The molecule has 3 aromatic carbocycles. The number of carbonyl (C=O) groups is 1. The summed E-state index contributed by atoms with van der Waals surface area (Å²) in [7, 11) is 1.60. The minimum Gasteiger partial charge on any atom is -1.00 e. The molecule has 15 nitrogen and oxygen atoms in total. The van der Waals surface area contributed by atoms with Crippen LogP contribution in [0.1, 0.15) is 23.7 Å². The summed E-state index contributed by atoms with van der Waals surface area (Å²) in [5.74, 6) is 0.203. The maximum Gasteiger partial charge on any atom is 1.00 e. The third-order valence-corrected chi connectivity index (χ3v) is 13.1. The zero-order valence-electron chi connectivity index (χ0n) is 40.9. The molecule has 0 atom stereocenters. The summed E-state index contributed by atoms with van der Waals surface area (Å²) in [4.78, 5) is 52.6. The van der Waals surface area contributed by atoms with Gasteiger partial charge in [0, 0.05) is 58.8 Å². The van der Waals surface area contributed by atoms with Crippen molar-refractivity contribution in [1.29, 1.82) is 0 Å². The van der Waals surface area contributed by atoms with Gasteiger partial charge < -0.3 is 26.0 Å². The van der Waals surface area contributed by atoms with E-state index in [0.29, 0.717) is 17.1 Å². The fourth-order valence-electron chi connectivity index (χ4n) is 6.77. The Bertz CT molecular complexity index is 3840. The monoisotopic (exact) mass is 1580 g/mol. The van der Waals surface area contributed by atoms with Gasteiger partial charge in [0.2, 0.25) is 17.3 Å². The predicted octanol–water partition coefficient (Wildman–Crippen LogP) is 7.87. The van der Waals surface area contributed by atoms with E-state index < -0.39 is 6.67 Å². The fraction of sp³-hybridized carbons (Fsp3) is 0.157. The van der Waals surface area contributed by atoms with Crippen molar-refractivity contribution in [1.82, 2.24) is 43.1 Å². The molecule has 410 valence electrons. The third-order valence-electron chi connectivity index (χ3n) is 9.93. The van der Waals surface area contributed by atoms with Crippen LogP contribution in [0.5, 0.6) is 11.8 Å². The molecule has 0 unspecified atom stereocenters. The summed E-state index contributed by atoms with van der Waals surface area (Å²) in [6.07, 6.45) is 5.72. The van der Waals surface area contributed by atoms with E-state index in [9.17, 15) is 26.7 Å². The van der Waals surface area contributed by atoms with Gasteiger partial charge in [0.15, 0.2) is 14.9 Å². The Balaban J connectivity index is 0.00000105. The number of fused-ring (bicyclic) bond motifs is 9. The number of nitrogens with one attached hydrogen (secondary N) is 1. The number of hydrogen-bond donors (Lipinski definition) is 1. The normalized spacial score (nSPS) is 9.87. The molecule has 1 N–H and O–H groups in total. The van der Waals surface area contributed by atoms with Crippen molar-refractivity contribution < 1.29 is 186 Å². The number of halogens is 8. The molecule has 0 spiro atoms. The van der Waals surface area contributed by atoms with Crippen LogP contribution in [0.15, 0.2) is 133 Å². The number of H-pyrrole nitrogens is 1. The van der Waals surface area contributed by atoms with Crippen LogP contribution in [0.3, 0.4) is 0 Å². The number of methoxy groups -OCH3 is 1. The van der Waals surface area contributed by atoms with Crippen LogP contribution < -0.4 is 158 Å². The molecule has 0 aliphatic rings. The number of rotatable bonds is 9. The van der Waals surface area contributed by atoms with Gasteiger partial charge in [-0.05, 0) is 91.0 Å². The average molecular weight is 1580 g/mol. The van der Waals surface area contributed by atoms with Crippen molar-refractivity contribution in [2.45, 2.75) is 22.3 Å². The van der Waals surface area contributed by atoms with Crippen LogP contribution in [-0.4, -0.2) is 82.0 Å². The molecular formula is C51H49Br3Cs2F5N9O6S3. The average Bonchev–Trinajstić information content (AvgIpc) is 4.26. The number of hydrogen-bond acceptors (Lipinski definition) is 14. The summed E-state index contributed by atoms with van der Waals surface area (Å²) in [6, 6.07) is 29.4. The molecule has 0 fully saturated rings. The Kier molecular flexibility index (Phi) is 34.1. The molecule has 0 saturated heterocycles. The number of imidazole rings is 3. The molecule has 0 saturated carbocycles. The van der Waals surface area contributed by atoms with E-state index in [-0.39, 0.29) is 238 Å². The smallest absolute Gasteiger partial charge is 1.00 e. The third kappa shape index (κ3) is 19.0. The second kappa shape index (κ2) is 36.2. The van der Waals surface area contributed by atoms with Gasteiger partial charge in [0.25, 0.3) is 6.47 Å². The number of benzene rings is 3. The zero-order chi connectivity index (χ0) is 50.7. The minimum atomic E-state index is -0.547. The van der Waals surface area contributed by atoms with Gasteiger partial charge in [-0.1, -0.05) is 72.2 Å². The summed E-state index contributed by atoms with van der Waals surface area (Å²) in [5.41, 5.74) is 7.65. The number of pyridine rings is 3. The first-order valence-electron chi connectivity index (χ1n) is 21.0. The first-order valence-corrected chi connectivity index (χ1v) is 24.5. The first kappa shape index (κ1) is 74.4. The molecular weight excluding hydrogens is 1530 g/mol. The van der Waals surface area contributed by atoms with Crippen molar-refractivity contribution in [2.24, 2.45) is 0 Å². The Morgan fingerprint density at radius 2 is 0.962 bits per heavy atom. The summed E-state index contributed by atoms with van der Waals surface area (Å²) < 4.78 is 77.9. The number of nitrogens with zero attached hydrogens (tertiary/aromatic N) is 8. The van der Waals surface area contributed by atoms with Gasteiger partial charge in [0.1, 0.15) is 45.2 Å². The Morgan fingerprint density at radius 3 is 1.34 bits per heavy atom. The number of thiazole rings is 3. The standard InChI is InChI=1S/C16H11F2N3OS.C15H10FN3OS.C14H8FN3OS.C2H4BrF.CH2O3.3CH4.2BrH.2Cs.H/c17-7-8-22-14-6-5-13-15(20-14)23-16-19-12(9-21(13)16)10-1-3-11(18)4-2-10;1-20-13-7-6-12-14(18-13)21-15-17-11(8-19(12)15)9-2-4-10(16)5-3-9;15-9-3-1-8(2-4-9)10-7-18-11-5-6-12(19)17-13(11)20-14(18)16-10;3-1-2-4;2-1-4-3;;;;;;;;/h1-6,9H,7-8H2;2-8H,1H3;1-7H,(H,17,19);1-2H2;1,3H;3*1H4;2*1H;;;/q;;;;;;;;;;2*+1;-1/p-1. The van der Waals surface area contributed by atoms with Crippen LogP contribution in [0.2, 0.25) is 0 Å². The molecule has 79 heavy (non-hydrogen) atoms. The minimum absolute atomic E-state index is 0. The van der Waals surface area contributed by atoms with Gasteiger partial charge in [-0.3, -0.25) is 27.2 Å². The number of aromatic nitrogens is 9. The second-order valence-electron chi connectivity index (χ2n) is 14.5. The van der Waals surface area contributed by atoms with E-state index in [0.717, 1.165) is 79.7 Å². The van der Waals surface area contributed by atoms with E-state index in [4.69, 9.17) is 19.5 Å². The van der Waals surface area contributed by atoms with Crippen molar-refractivity contribution >= 4 is 136 Å². The molecule has 0 amide bonds. The fourth-order valence-corrected chi connectivity index (χ4v) is 9.71. The van der Waals surface area contributed by atoms with Gasteiger partial charge in [-0.15, -0.1) is 34.0 Å². The van der Waals surface area contributed by atoms with Crippen LogP contribution in [0.4, 0.5) is 22.0 Å². The molecule has 0 aliphatic carbocycles. The van der Waals surface area contributed by atoms with Gasteiger partial charge in [-0.2, -0.15) is 0 Å². The number of alkyl halides is 3. The molecule has 12 rings (SSSR count). The van der Waals surface area contributed by atoms with Gasteiger partial charge in [0.05, 0.1) is 47.4 Å². The zero-order valence-corrected chi connectivity index (χ0v) is 59.9. The number of carbonyl (C=O) groups excluding carboxylic acids is 1. The second-order valence-corrected chi connectivity index (χ2v) is 18.1. The van der Waals surface area contributed by atoms with Gasteiger partial charge >= 0.3 is 138 Å². The van der Waals surface area contributed by atoms with Gasteiger partial charge in [-0.25, -0.2) is 42.5 Å². The molecule has 28 heteroatoms. The topological polar surface area (TPSA) is 178 Å². The maximum atomic E-state index is 13.0. The number of aromatic amines is 1. The summed E-state index contributed by atoms with van der Waals surface area (Å²) in [5, 5.41) is 8.90. The summed E-state index contributed by atoms with van der Waals surface area (Å²) in [6.45, 7) is -0.996. The quantitative estimate of drug-likeness (QED) is 0.0489. The van der Waals surface area contributed by atoms with E-state index in [2.05, 4.69) is 50.7 Å². The first-order chi connectivity index (χ1) is 35.0. The van der Waals surface area contributed by atoms with Crippen LogP contribution in [-0.2, 0) is 9.68 Å². The van der Waals surface area contributed by atoms with E-state index in [1.165, 1.54) is 76.5 Å². The van der Waals surface area contributed by atoms with Crippen molar-refractivity contribution in [3.05, 3.63) is 156 Å². The van der Waals surface area contributed by atoms with E-state index >= 15 is 0 Å². The molecule has 0 radical (unpaired) electrons. The molecule has 0 bridgehead atoms. The molecule has 9 aromatic heterocycles. The van der Waals surface area contributed by atoms with E-state index in [1.807, 2.05) is 50.0 Å². The van der Waals surface area contributed by atoms with Crippen molar-refractivity contribution in [3.63, 3.8) is 0 Å². The Labute approximate surface area is 610 Å². The van der Waals surface area contributed by atoms with E-state index in [1.54, 1.807) is 55.6 Å². The summed E-state index contributed by atoms with van der Waals surface area (Å²) >= 11 is 7.21. The largest absolute Gasteiger partial charge is 1.00 e. The van der Waals surface area contributed by atoms with Crippen molar-refractivity contribution in [3.8, 4) is 45.5 Å². The van der Waals surface area contributed by atoms with Crippen molar-refractivity contribution in [2.75, 3.05) is 32.4 Å².